The number of hydrazine groups is 1. The van der Waals surface area contributed by atoms with E-state index in [-0.39, 0.29) is 15.6 Å². The normalized spacial score (nSPS) is 11.1. The zero-order valence-electron chi connectivity index (χ0n) is 12.1. The maximum atomic E-state index is 12.4. The lowest BCUT2D eigenvalue weighted by Crippen LogP contribution is -2.17. The number of nitrogen functional groups attached to an aromatic ring is 2. The Morgan fingerprint density at radius 3 is 2.46 bits per heavy atom. The van der Waals surface area contributed by atoms with Crippen molar-refractivity contribution in [2.24, 2.45) is 11.6 Å². The van der Waals surface area contributed by atoms with Gasteiger partial charge in [-0.25, -0.2) is 8.42 Å². The van der Waals surface area contributed by atoms with Crippen molar-refractivity contribution >= 4 is 44.6 Å². The molecule has 24 heavy (non-hydrogen) atoms. The van der Waals surface area contributed by atoms with E-state index in [1.54, 1.807) is 0 Å². The van der Waals surface area contributed by atoms with Crippen LogP contribution in [0.25, 0.3) is 0 Å². The van der Waals surface area contributed by atoms with Crippen LogP contribution < -0.4 is 27.5 Å². The Kier molecular flexibility index (Phi) is 4.73. The number of anilines is 3. The van der Waals surface area contributed by atoms with Gasteiger partial charge in [0.15, 0.2) is 0 Å². The number of primary amides is 1. The number of carbonyl (C=O) groups excluding carboxylic acids is 1. The van der Waals surface area contributed by atoms with Crippen LogP contribution in [0.1, 0.15) is 10.4 Å². The summed E-state index contributed by atoms with van der Waals surface area (Å²) in [6, 6.07) is 6.16. The lowest BCUT2D eigenvalue weighted by atomic mass is 10.2. The van der Waals surface area contributed by atoms with Gasteiger partial charge in [0.2, 0.25) is 0 Å². The number of hydrogen-bond donors (Lipinski definition) is 6. The molecule has 0 fully saturated rings. The number of sulfonamides is 1. The zero-order valence-corrected chi connectivity index (χ0v) is 13.6. The summed E-state index contributed by atoms with van der Waals surface area (Å²) < 4.78 is 27.2. The van der Waals surface area contributed by atoms with E-state index >= 15 is 0 Å². The van der Waals surface area contributed by atoms with Gasteiger partial charge in [-0.1, -0.05) is 11.6 Å². The maximum Gasteiger partial charge on any atom is 0.261 e. The monoisotopic (exact) mass is 371 g/mol. The second-order valence-corrected chi connectivity index (χ2v) is 6.81. The Bertz CT molecular complexity index is 917. The van der Waals surface area contributed by atoms with Gasteiger partial charge in [0.1, 0.15) is 5.75 Å². The van der Waals surface area contributed by atoms with Crippen molar-refractivity contribution in [1.29, 1.82) is 0 Å². The molecule has 0 atom stereocenters. The van der Waals surface area contributed by atoms with E-state index in [2.05, 4.69) is 10.1 Å². The van der Waals surface area contributed by atoms with E-state index in [1.165, 1.54) is 18.2 Å². The summed E-state index contributed by atoms with van der Waals surface area (Å²) in [4.78, 5) is 10.9. The van der Waals surface area contributed by atoms with Crippen molar-refractivity contribution in [3.8, 4) is 5.75 Å². The molecule has 2 aromatic carbocycles. The lowest BCUT2D eigenvalue weighted by molar-refractivity contribution is 0.0997. The first-order chi connectivity index (χ1) is 11.2. The van der Waals surface area contributed by atoms with Crippen molar-refractivity contribution in [2.75, 3.05) is 15.9 Å². The van der Waals surface area contributed by atoms with Crippen LogP contribution in [0.4, 0.5) is 17.1 Å². The number of halogens is 1. The molecule has 0 saturated heterocycles. The fourth-order valence-corrected chi connectivity index (χ4v) is 3.26. The predicted molar refractivity (Wildman–Crippen MR) is 91.1 cm³/mol. The summed E-state index contributed by atoms with van der Waals surface area (Å²) in [5.41, 5.74) is 13.5. The summed E-state index contributed by atoms with van der Waals surface area (Å²) in [7, 11) is -4.11. The van der Waals surface area contributed by atoms with Gasteiger partial charge in [0.05, 0.1) is 32.5 Å². The highest BCUT2D eigenvalue weighted by atomic mass is 35.5. The third-order valence-corrected chi connectivity index (χ3v) is 4.72. The largest absolute Gasteiger partial charge is 0.506 e. The zero-order chi connectivity index (χ0) is 18.1. The quantitative estimate of drug-likeness (QED) is 0.256. The minimum atomic E-state index is -4.11. The molecule has 9 N–H and O–H groups in total. The third kappa shape index (κ3) is 3.45. The summed E-state index contributed by atoms with van der Waals surface area (Å²) in [5, 5.41) is 9.34. The fourth-order valence-electron chi connectivity index (χ4n) is 1.88. The molecule has 0 unspecified atom stereocenters. The van der Waals surface area contributed by atoms with Crippen LogP contribution in [0.5, 0.6) is 5.75 Å². The first kappa shape index (κ1) is 17.7. The standard InChI is InChI=1S/C13H14ClN5O4S/c14-9-5-7(4-8(12(9)20)13(16)21)24(22,23)19-6-1-2-10(15)11(3-6)18-17/h1-5,18-20H,15,17H2,(H2,16,21). The van der Waals surface area contributed by atoms with E-state index in [0.717, 1.165) is 12.1 Å². The summed E-state index contributed by atoms with van der Waals surface area (Å²) in [6.45, 7) is 0. The predicted octanol–water partition coefficient (Wildman–Crippen LogP) is 0.813. The summed E-state index contributed by atoms with van der Waals surface area (Å²) >= 11 is 5.75. The van der Waals surface area contributed by atoms with Crippen LogP contribution in [0.15, 0.2) is 35.2 Å². The first-order valence-corrected chi connectivity index (χ1v) is 8.23. The van der Waals surface area contributed by atoms with Gasteiger partial charge in [0.25, 0.3) is 15.9 Å². The van der Waals surface area contributed by atoms with Crippen molar-refractivity contribution < 1.29 is 18.3 Å². The molecule has 0 radical (unpaired) electrons. The van der Waals surface area contributed by atoms with Gasteiger partial charge in [-0.2, -0.15) is 0 Å². The van der Waals surface area contributed by atoms with Crippen LogP contribution >= 0.6 is 11.6 Å². The summed E-state index contributed by atoms with van der Waals surface area (Å²) in [5.74, 6) is 3.67. The van der Waals surface area contributed by atoms with Crippen molar-refractivity contribution in [3.63, 3.8) is 0 Å². The number of rotatable bonds is 5. The lowest BCUT2D eigenvalue weighted by Gasteiger charge is -2.12. The van der Waals surface area contributed by atoms with E-state index in [4.69, 9.17) is 28.9 Å². The van der Waals surface area contributed by atoms with Gasteiger partial charge in [0, 0.05) is 0 Å². The minimum Gasteiger partial charge on any atom is -0.506 e. The molecule has 0 aliphatic rings. The number of phenols is 1. The molecule has 0 saturated carbocycles. The van der Waals surface area contributed by atoms with Gasteiger partial charge in [-0.05, 0) is 30.3 Å². The topological polar surface area (TPSA) is 174 Å². The molecule has 0 heterocycles. The summed E-state index contributed by atoms with van der Waals surface area (Å²) in [6.07, 6.45) is 0. The highest BCUT2D eigenvalue weighted by Crippen LogP contribution is 2.32. The average Bonchev–Trinajstić information content (AvgIpc) is 2.51. The SMILES string of the molecule is NNc1cc(NS(=O)(=O)c2cc(Cl)c(O)c(C(N)=O)c2)ccc1N. The van der Waals surface area contributed by atoms with Crippen molar-refractivity contribution in [2.45, 2.75) is 4.90 Å². The number of amides is 1. The smallest absolute Gasteiger partial charge is 0.261 e. The highest BCUT2D eigenvalue weighted by molar-refractivity contribution is 7.92. The van der Waals surface area contributed by atoms with Gasteiger partial charge >= 0.3 is 0 Å². The van der Waals surface area contributed by atoms with Crippen LogP contribution in [0.3, 0.4) is 0 Å². The van der Waals surface area contributed by atoms with Gasteiger partial charge in [-0.15, -0.1) is 0 Å². The van der Waals surface area contributed by atoms with E-state index in [0.29, 0.717) is 11.4 Å². The van der Waals surface area contributed by atoms with Crippen LogP contribution in [0, 0.1) is 0 Å². The minimum absolute atomic E-state index is 0.168. The number of carbonyl (C=O) groups is 1. The molecule has 0 bridgehead atoms. The van der Waals surface area contributed by atoms with Crippen LogP contribution in [-0.2, 0) is 10.0 Å². The Hall–Kier alpha value is -2.69. The second-order valence-electron chi connectivity index (χ2n) is 4.72. The fraction of sp³-hybridized carbons (Fsp3) is 0. The number of nitrogens with one attached hydrogen (secondary N) is 2. The Labute approximate surface area is 142 Å². The van der Waals surface area contributed by atoms with Crippen LogP contribution in [0.2, 0.25) is 5.02 Å². The molecule has 2 aromatic rings. The third-order valence-electron chi connectivity index (χ3n) is 3.07. The van der Waals surface area contributed by atoms with Gasteiger partial charge in [-0.3, -0.25) is 15.4 Å². The molecule has 0 aliphatic heterocycles. The van der Waals surface area contributed by atoms with E-state index < -0.39 is 27.2 Å². The van der Waals surface area contributed by atoms with E-state index in [1.807, 2.05) is 0 Å². The molecule has 0 aromatic heterocycles. The molecular weight excluding hydrogens is 358 g/mol. The number of nitrogens with two attached hydrogens (primary N) is 3. The first-order valence-electron chi connectivity index (χ1n) is 6.37. The number of hydrogen-bond acceptors (Lipinski definition) is 7. The Balaban J connectivity index is 2.46. The number of aromatic hydroxyl groups is 1. The van der Waals surface area contributed by atoms with Crippen molar-refractivity contribution in [3.05, 3.63) is 40.9 Å². The maximum absolute atomic E-state index is 12.4. The molecule has 11 heteroatoms. The Morgan fingerprint density at radius 1 is 1.21 bits per heavy atom. The second kappa shape index (κ2) is 6.43. The molecule has 1 amide bonds. The number of benzene rings is 2. The van der Waals surface area contributed by atoms with E-state index in [9.17, 15) is 18.3 Å². The van der Waals surface area contributed by atoms with Crippen molar-refractivity contribution in [1.82, 2.24) is 0 Å². The van der Waals surface area contributed by atoms with Gasteiger partial charge < -0.3 is 22.0 Å². The molecule has 9 nitrogen and oxygen atoms in total. The Morgan fingerprint density at radius 2 is 1.88 bits per heavy atom. The molecule has 0 aliphatic carbocycles. The van der Waals surface area contributed by atoms with Crippen LogP contribution in [-0.4, -0.2) is 19.4 Å². The molecule has 128 valence electrons. The highest BCUT2D eigenvalue weighted by Gasteiger charge is 2.21. The molecule has 0 spiro atoms. The average molecular weight is 372 g/mol. The molecular formula is C13H14ClN5O4S. The molecule has 2 rings (SSSR count).